The van der Waals surface area contributed by atoms with Crippen LogP contribution in [0.15, 0.2) is 24.5 Å². The zero-order valence-corrected chi connectivity index (χ0v) is 14.0. The summed E-state index contributed by atoms with van der Waals surface area (Å²) in [5.41, 5.74) is 0.924. The SMILES string of the molecule is CN(C)C1CCCN(C(=O)c2ccc(-n3cnnn3)cc2O)CC1. The van der Waals surface area contributed by atoms with Gasteiger partial charge in [0.25, 0.3) is 5.91 Å². The lowest BCUT2D eigenvalue weighted by atomic mass is 10.1. The molecule has 2 heterocycles. The Hall–Kier alpha value is -2.48. The van der Waals surface area contributed by atoms with E-state index in [9.17, 15) is 9.90 Å². The molecule has 1 amide bonds. The highest BCUT2D eigenvalue weighted by molar-refractivity contribution is 5.97. The number of aromatic nitrogens is 4. The molecule has 1 aromatic carbocycles. The number of phenols is 1. The van der Waals surface area contributed by atoms with E-state index in [4.69, 9.17) is 0 Å². The fraction of sp³-hybridized carbons (Fsp3) is 0.500. The van der Waals surface area contributed by atoms with Crippen LogP contribution in [0.4, 0.5) is 0 Å². The van der Waals surface area contributed by atoms with E-state index in [1.807, 2.05) is 4.90 Å². The first-order chi connectivity index (χ1) is 11.6. The normalized spacial score (nSPS) is 18.6. The summed E-state index contributed by atoms with van der Waals surface area (Å²) in [5, 5.41) is 21.2. The Morgan fingerprint density at radius 2 is 2.12 bits per heavy atom. The molecule has 1 atom stereocenters. The van der Waals surface area contributed by atoms with Crippen LogP contribution in [0.5, 0.6) is 5.75 Å². The first-order valence-corrected chi connectivity index (χ1v) is 8.08. The molecule has 0 saturated carbocycles. The van der Waals surface area contributed by atoms with E-state index in [-0.39, 0.29) is 11.7 Å². The lowest BCUT2D eigenvalue weighted by Crippen LogP contribution is -2.33. The number of amides is 1. The predicted molar refractivity (Wildman–Crippen MR) is 88.0 cm³/mol. The van der Waals surface area contributed by atoms with Crippen molar-refractivity contribution in [2.24, 2.45) is 0 Å². The molecule has 3 rings (SSSR count). The molecule has 0 bridgehead atoms. The van der Waals surface area contributed by atoms with Gasteiger partial charge in [0.05, 0.1) is 11.3 Å². The number of likely N-dealkylation sites (tertiary alicyclic amines) is 1. The van der Waals surface area contributed by atoms with Crippen LogP contribution in [0, 0.1) is 0 Å². The standard InChI is InChI=1S/C16H22N6O2/c1-20(2)12-4-3-8-21(9-7-12)16(24)14-6-5-13(10-15(14)23)22-11-17-18-19-22/h5-6,10-12,23H,3-4,7-9H2,1-2H3. The van der Waals surface area contributed by atoms with Crippen molar-refractivity contribution in [3.63, 3.8) is 0 Å². The van der Waals surface area contributed by atoms with Crippen LogP contribution < -0.4 is 0 Å². The molecule has 0 aliphatic carbocycles. The molecule has 1 fully saturated rings. The fourth-order valence-corrected chi connectivity index (χ4v) is 3.09. The molecule has 1 unspecified atom stereocenters. The number of rotatable bonds is 3. The largest absolute Gasteiger partial charge is 0.507 e. The van der Waals surface area contributed by atoms with Crippen molar-refractivity contribution < 1.29 is 9.90 Å². The minimum absolute atomic E-state index is 0.0543. The Labute approximate surface area is 140 Å². The Morgan fingerprint density at radius 3 is 2.79 bits per heavy atom. The summed E-state index contributed by atoms with van der Waals surface area (Å²) < 4.78 is 1.43. The summed E-state index contributed by atoms with van der Waals surface area (Å²) >= 11 is 0. The van der Waals surface area contributed by atoms with Gasteiger partial charge in [0.2, 0.25) is 0 Å². The number of nitrogens with zero attached hydrogens (tertiary/aromatic N) is 6. The summed E-state index contributed by atoms with van der Waals surface area (Å²) in [5.74, 6) is -0.184. The van der Waals surface area contributed by atoms with Crippen LogP contribution in [-0.2, 0) is 0 Å². The van der Waals surface area contributed by atoms with E-state index < -0.39 is 0 Å². The molecule has 0 radical (unpaired) electrons. The summed E-state index contributed by atoms with van der Waals surface area (Å²) in [4.78, 5) is 16.8. The molecule has 0 spiro atoms. The maximum atomic E-state index is 12.8. The number of aromatic hydroxyl groups is 1. The molecular weight excluding hydrogens is 308 g/mol. The van der Waals surface area contributed by atoms with Crippen molar-refractivity contribution in [2.45, 2.75) is 25.3 Å². The van der Waals surface area contributed by atoms with Crippen molar-refractivity contribution in [1.82, 2.24) is 30.0 Å². The third-order valence-corrected chi connectivity index (χ3v) is 4.54. The van der Waals surface area contributed by atoms with Crippen molar-refractivity contribution in [2.75, 3.05) is 27.2 Å². The number of carbonyl (C=O) groups is 1. The second kappa shape index (κ2) is 6.96. The summed E-state index contributed by atoms with van der Waals surface area (Å²) in [7, 11) is 4.15. The predicted octanol–water partition coefficient (Wildman–Crippen LogP) is 0.924. The van der Waals surface area contributed by atoms with Gasteiger partial charge in [0.15, 0.2) is 0 Å². The van der Waals surface area contributed by atoms with Gasteiger partial charge in [-0.15, -0.1) is 5.10 Å². The van der Waals surface area contributed by atoms with Gasteiger partial charge in [-0.05, 0) is 55.9 Å². The molecule has 1 saturated heterocycles. The van der Waals surface area contributed by atoms with Gasteiger partial charge in [-0.3, -0.25) is 4.79 Å². The average Bonchev–Trinajstić information content (AvgIpc) is 2.98. The zero-order valence-electron chi connectivity index (χ0n) is 14.0. The topological polar surface area (TPSA) is 87.4 Å². The number of benzene rings is 1. The third kappa shape index (κ3) is 3.38. The van der Waals surface area contributed by atoms with Gasteiger partial charge in [-0.25, -0.2) is 4.68 Å². The first-order valence-electron chi connectivity index (χ1n) is 8.08. The Balaban J connectivity index is 1.75. The van der Waals surface area contributed by atoms with Crippen LogP contribution >= 0.6 is 0 Å². The van der Waals surface area contributed by atoms with Gasteiger partial charge in [0, 0.05) is 25.2 Å². The van der Waals surface area contributed by atoms with Crippen LogP contribution in [0.2, 0.25) is 0 Å². The van der Waals surface area contributed by atoms with E-state index in [1.165, 1.54) is 17.1 Å². The van der Waals surface area contributed by atoms with Gasteiger partial charge in [0.1, 0.15) is 12.1 Å². The summed E-state index contributed by atoms with van der Waals surface area (Å²) in [6, 6.07) is 5.36. The number of tetrazole rings is 1. The van der Waals surface area contributed by atoms with Crippen LogP contribution in [0.1, 0.15) is 29.6 Å². The molecular formula is C16H22N6O2. The molecule has 8 heteroatoms. The fourth-order valence-electron chi connectivity index (χ4n) is 3.09. The third-order valence-electron chi connectivity index (χ3n) is 4.54. The number of hydrogen-bond acceptors (Lipinski definition) is 6. The molecule has 24 heavy (non-hydrogen) atoms. The number of carbonyl (C=O) groups excluding carboxylic acids is 1. The van der Waals surface area contributed by atoms with E-state index in [0.29, 0.717) is 23.8 Å². The highest BCUT2D eigenvalue weighted by atomic mass is 16.3. The van der Waals surface area contributed by atoms with Crippen LogP contribution in [0.25, 0.3) is 5.69 Å². The van der Waals surface area contributed by atoms with Crippen molar-refractivity contribution in [3.05, 3.63) is 30.1 Å². The second-order valence-corrected chi connectivity index (χ2v) is 6.30. The Bertz CT molecular complexity index is 701. The van der Waals surface area contributed by atoms with Crippen LogP contribution in [0.3, 0.4) is 0 Å². The smallest absolute Gasteiger partial charge is 0.257 e. The monoisotopic (exact) mass is 330 g/mol. The summed E-state index contributed by atoms with van der Waals surface area (Å²) in [6.45, 7) is 1.42. The minimum atomic E-state index is -0.129. The molecule has 1 N–H and O–H groups in total. The van der Waals surface area contributed by atoms with E-state index in [2.05, 4.69) is 34.5 Å². The second-order valence-electron chi connectivity index (χ2n) is 6.30. The molecule has 2 aromatic rings. The van der Waals surface area contributed by atoms with E-state index in [0.717, 1.165) is 25.8 Å². The molecule has 1 aromatic heterocycles. The minimum Gasteiger partial charge on any atom is -0.507 e. The lowest BCUT2D eigenvalue weighted by Gasteiger charge is -2.23. The maximum absolute atomic E-state index is 12.8. The van der Waals surface area contributed by atoms with Gasteiger partial charge in [-0.1, -0.05) is 0 Å². The Kier molecular flexibility index (Phi) is 4.75. The van der Waals surface area contributed by atoms with Crippen molar-refractivity contribution in [3.8, 4) is 11.4 Å². The van der Waals surface area contributed by atoms with E-state index in [1.54, 1.807) is 12.1 Å². The van der Waals surface area contributed by atoms with Gasteiger partial charge < -0.3 is 14.9 Å². The maximum Gasteiger partial charge on any atom is 0.257 e. The first kappa shape index (κ1) is 16.4. The molecule has 1 aliphatic heterocycles. The number of hydrogen-bond donors (Lipinski definition) is 1. The average molecular weight is 330 g/mol. The van der Waals surface area contributed by atoms with Gasteiger partial charge >= 0.3 is 0 Å². The molecule has 8 nitrogen and oxygen atoms in total. The van der Waals surface area contributed by atoms with Gasteiger partial charge in [-0.2, -0.15) is 0 Å². The highest BCUT2D eigenvalue weighted by Crippen LogP contribution is 2.24. The van der Waals surface area contributed by atoms with Crippen molar-refractivity contribution in [1.29, 1.82) is 0 Å². The highest BCUT2D eigenvalue weighted by Gasteiger charge is 2.24. The van der Waals surface area contributed by atoms with Crippen molar-refractivity contribution >= 4 is 5.91 Å². The summed E-state index contributed by atoms with van der Waals surface area (Å²) in [6.07, 6.45) is 4.44. The quantitative estimate of drug-likeness (QED) is 0.900. The van der Waals surface area contributed by atoms with E-state index >= 15 is 0 Å². The number of phenolic OH excluding ortho intramolecular Hbond substituents is 1. The molecule has 1 aliphatic rings. The zero-order chi connectivity index (χ0) is 17.1. The molecule has 128 valence electrons. The lowest BCUT2D eigenvalue weighted by molar-refractivity contribution is 0.0755. The van der Waals surface area contributed by atoms with Crippen LogP contribution in [-0.4, -0.2) is 74.2 Å². The Morgan fingerprint density at radius 1 is 1.29 bits per heavy atom.